The lowest BCUT2D eigenvalue weighted by molar-refractivity contribution is -0.677. The summed E-state index contributed by atoms with van der Waals surface area (Å²) in [5, 5.41) is 20.9. The number of rotatable bonds is 2. The van der Waals surface area contributed by atoms with Crippen LogP contribution in [-0.4, -0.2) is 25.0 Å². The third-order valence-electron chi connectivity index (χ3n) is 5.87. The van der Waals surface area contributed by atoms with Gasteiger partial charge in [0, 0.05) is 5.02 Å². The Kier molecular flexibility index (Phi) is 2.88. The topological polar surface area (TPSA) is 106 Å². The molecule has 1 aliphatic carbocycles. The monoisotopic (exact) mass is 343 g/mol. The van der Waals surface area contributed by atoms with Crippen molar-refractivity contribution in [1.29, 1.82) is 10.5 Å². The van der Waals surface area contributed by atoms with Gasteiger partial charge < -0.3 is 9.47 Å². The Morgan fingerprint density at radius 1 is 1.21 bits per heavy atom. The van der Waals surface area contributed by atoms with Gasteiger partial charge in [-0.05, 0) is 24.1 Å². The maximum Gasteiger partial charge on any atom is 0.343 e. The minimum Gasteiger partial charge on any atom is -0.311 e. The van der Waals surface area contributed by atoms with E-state index < -0.39 is 22.2 Å². The molecule has 3 atom stereocenters. The van der Waals surface area contributed by atoms with Crippen LogP contribution in [-0.2, 0) is 14.9 Å². The summed E-state index contributed by atoms with van der Waals surface area (Å²) in [7, 11) is 0. The van der Waals surface area contributed by atoms with Gasteiger partial charge in [0.25, 0.3) is 5.84 Å². The van der Waals surface area contributed by atoms with Crippen LogP contribution in [0, 0.1) is 33.5 Å². The summed E-state index contributed by atoms with van der Waals surface area (Å²) in [5.41, 5.74) is 3.77. The molecule has 7 heteroatoms. The fourth-order valence-corrected chi connectivity index (χ4v) is 5.17. The maximum atomic E-state index is 10.2. The first-order valence-corrected chi connectivity index (χ1v) is 8.17. The predicted octanol–water partition coefficient (Wildman–Crippen LogP) is 0.173. The molecule has 1 aromatic carbocycles. The normalized spacial score (nSPS) is 38.2. The average molecular weight is 344 g/mol. The fourth-order valence-electron chi connectivity index (χ4n) is 5.05. The molecule has 0 amide bonds. The third-order valence-corrected chi connectivity index (χ3v) is 6.13. The molecular weight excluding hydrogens is 328 g/mol. The van der Waals surface area contributed by atoms with E-state index in [1.807, 2.05) is 19.1 Å². The molecule has 3 N–H and O–H groups in total. The van der Waals surface area contributed by atoms with E-state index in [1.54, 1.807) is 12.1 Å². The van der Waals surface area contributed by atoms with Crippen LogP contribution in [0.2, 0.25) is 5.02 Å². The van der Waals surface area contributed by atoms with E-state index in [4.69, 9.17) is 26.8 Å². The van der Waals surface area contributed by atoms with Crippen LogP contribution in [0.1, 0.15) is 18.9 Å². The van der Waals surface area contributed by atoms with Gasteiger partial charge in [-0.15, -0.1) is 0 Å². The van der Waals surface area contributed by atoms with E-state index in [-0.39, 0.29) is 5.84 Å². The second-order valence-electron chi connectivity index (χ2n) is 6.34. The van der Waals surface area contributed by atoms with Crippen molar-refractivity contribution in [2.24, 2.45) is 16.6 Å². The minimum atomic E-state index is -1.39. The molecule has 2 aliphatic heterocycles. The molecule has 0 radical (unpaired) electrons. The third kappa shape index (κ3) is 1.20. The van der Waals surface area contributed by atoms with Crippen LogP contribution in [0.15, 0.2) is 24.3 Å². The van der Waals surface area contributed by atoms with Gasteiger partial charge in [-0.2, -0.15) is 10.5 Å². The molecule has 3 aliphatic rings. The Balaban J connectivity index is 2.03. The molecule has 0 unspecified atom stereocenters. The van der Waals surface area contributed by atoms with E-state index in [0.29, 0.717) is 24.7 Å². The standard InChI is InChI=1S/C17H15ClN4O2/c1-2-14(11-3-5-12(18)6-4-11)15(9-19)13(21)22-17(16(14,15)10-20)23-7-8-24-17/h3-6H,2,7-8H2,1H3,(H2,21,22)/p+1/t14-,15+,16-/m1/s1. The van der Waals surface area contributed by atoms with Crippen molar-refractivity contribution >= 4 is 17.4 Å². The van der Waals surface area contributed by atoms with Crippen LogP contribution >= 0.6 is 11.6 Å². The number of nitrogens with two attached hydrogens (primary N) is 1. The molecule has 1 aromatic rings. The second kappa shape index (κ2) is 4.49. The fraction of sp³-hybridized carbons (Fsp3) is 0.471. The Morgan fingerprint density at radius 3 is 2.33 bits per heavy atom. The summed E-state index contributed by atoms with van der Waals surface area (Å²) in [4.78, 5) is 2.96. The van der Waals surface area contributed by atoms with Crippen molar-refractivity contribution in [3.05, 3.63) is 34.9 Å². The number of nitrogens with one attached hydrogen (secondary N) is 1. The van der Waals surface area contributed by atoms with Gasteiger partial charge >= 0.3 is 5.91 Å². The summed E-state index contributed by atoms with van der Waals surface area (Å²) < 4.78 is 11.6. The average Bonchev–Trinajstić information content (AvgIpc) is 2.81. The zero-order valence-electron chi connectivity index (χ0n) is 13.1. The molecule has 122 valence electrons. The number of benzene rings is 1. The predicted molar refractivity (Wildman–Crippen MR) is 84.3 cm³/mol. The van der Waals surface area contributed by atoms with Crippen LogP contribution < -0.4 is 10.7 Å². The summed E-state index contributed by atoms with van der Waals surface area (Å²) in [5.74, 6) is -1.16. The molecule has 2 fully saturated rings. The van der Waals surface area contributed by atoms with Gasteiger partial charge in [-0.25, -0.2) is 4.99 Å². The van der Waals surface area contributed by atoms with Gasteiger partial charge in [0.2, 0.25) is 0 Å². The quantitative estimate of drug-likeness (QED) is 0.796. The van der Waals surface area contributed by atoms with E-state index in [9.17, 15) is 10.5 Å². The van der Waals surface area contributed by atoms with Crippen LogP contribution in [0.5, 0.6) is 0 Å². The lowest BCUT2D eigenvalue weighted by Crippen LogP contribution is -2.90. The SMILES string of the molecule is CC[C@@]1(c2ccc(Cl)cc2)[C@]2(C#N)C(N)=[NH+]C3(OCCO3)[C@@]21C#N. The zero-order chi connectivity index (χ0) is 17.2. The number of halogens is 1. The molecule has 0 aromatic heterocycles. The lowest BCUT2D eigenvalue weighted by atomic mass is 9.80. The van der Waals surface area contributed by atoms with Crippen molar-refractivity contribution < 1.29 is 14.5 Å². The number of amidine groups is 1. The molecule has 1 spiro atoms. The van der Waals surface area contributed by atoms with Crippen molar-refractivity contribution in [3.63, 3.8) is 0 Å². The first-order chi connectivity index (χ1) is 11.5. The van der Waals surface area contributed by atoms with Crippen LogP contribution in [0.4, 0.5) is 0 Å². The molecule has 6 nitrogen and oxygen atoms in total. The highest BCUT2D eigenvalue weighted by atomic mass is 35.5. The Labute approximate surface area is 144 Å². The second-order valence-corrected chi connectivity index (χ2v) is 6.78. The summed E-state index contributed by atoms with van der Waals surface area (Å²) >= 11 is 6.01. The van der Waals surface area contributed by atoms with Gasteiger partial charge in [0.1, 0.15) is 0 Å². The maximum absolute atomic E-state index is 10.2. The number of hydrogen-bond donors (Lipinski definition) is 2. The zero-order valence-corrected chi connectivity index (χ0v) is 13.9. The number of hydrogen-bond acceptors (Lipinski definition) is 5. The number of nitriles is 2. The molecule has 4 rings (SSSR count). The molecule has 1 saturated carbocycles. The largest absolute Gasteiger partial charge is 0.343 e. The van der Waals surface area contributed by atoms with Crippen LogP contribution in [0.3, 0.4) is 0 Å². The van der Waals surface area contributed by atoms with Crippen molar-refractivity contribution in [2.75, 3.05) is 13.2 Å². The Morgan fingerprint density at radius 2 is 1.83 bits per heavy atom. The summed E-state index contributed by atoms with van der Waals surface area (Å²) in [6.07, 6.45) is 0.534. The molecule has 2 heterocycles. The van der Waals surface area contributed by atoms with E-state index in [0.717, 1.165) is 5.56 Å². The Hall–Kier alpha value is -2.12. The van der Waals surface area contributed by atoms with E-state index in [2.05, 4.69) is 17.1 Å². The highest BCUT2D eigenvalue weighted by molar-refractivity contribution is 6.30. The van der Waals surface area contributed by atoms with Crippen molar-refractivity contribution in [1.82, 2.24) is 0 Å². The first kappa shape index (κ1) is 15.4. The van der Waals surface area contributed by atoms with Gasteiger partial charge in [-0.1, -0.05) is 30.7 Å². The smallest absolute Gasteiger partial charge is 0.311 e. The van der Waals surface area contributed by atoms with Crippen LogP contribution in [0.25, 0.3) is 0 Å². The molecule has 1 saturated heterocycles. The highest BCUT2D eigenvalue weighted by Crippen LogP contribution is 2.83. The Bertz CT molecular complexity index is 834. The molecule has 0 bridgehead atoms. The van der Waals surface area contributed by atoms with Gasteiger partial charge in [0.05, 0.1) is 30.8 Å². The van der Waals surface area contributed by atoms with Crippen molar-refractivity contribution in [2.45, 2.75) is 24.7 Å². The van der Waals surface area contributed by atoms with Crippen molar-refractivity contribution in [3.8, 4) is 12.1 Å². The molecular formula is C17H16ClN4O2+. The number of fused-ring (bicyclic) bond motifs is 2. The number of nitrogens with zero attached hydrogens (tertiary/aromatic N) is 2. The van der Waals surface area contributed by atoms with Gasteiger partial charge in [0.15, 0.2) is 10.8 Å². The first-order valence-electron chi connectivity index (χ1n) is 7.79. The number of ether oxygens (including phenoxy) is 2. The van der Waals surface area contributed by atoms with E-state index >= 15 is 0 Å². The summed E-state index contributed by atoms with van der Waals surface area (Å²) in [6.45, 7) is 2.62. The highest BCUT2D eigenvalue weighted by Gasteiger charge is 3.04. The lowest BCUT2D eigenvalue weighted by Gasteiger charge is -2.29. The minimum absolute atomic E-state index is 0.227. The van der Waals surface area contributed by atoms with E-state index in [1.165, 1.54) is 0 Å². The molecule has 24 heavy (non-hydrogen) atoms. The van der Waals surface area contributed by atoms with Gasteiger partial charge in [-0.3, -0.25) is 5.73 Å². The summed E-state index contributed by atoms with van der Waals surface area (Å²) in [6, 6.07) is 11.9.